The lowest BCUT2D eigenvalue weighted by Gasteiger charge is -2.05. The molecule has 20 heavy (non-hydrogen) atoms. The Morgan fingerprint density at radius 3 is 2.80 bits per heavy atom. The summed E-state index contributed by atoms with van der Waals surface area (Å²) < 4.78 is 4.59. The van der Waals surface area contributed by atoms with Crippen molar-refractivity contribution in [3.63, 3.8) is 0 Å². The Balaban J connectivity index is 2.26. The molecule has 0 spiro atoms. The van der Waals surface area contributed by atoms with E-state index in [0.29, 0.717) is 0 Å². The SMILES string of the molecule is COC(=O)c1sccc1NC(=O)c1cc(O)[nH]c(=O)c1. The van der Waals surface area contributed by atoms with Crippen LogP contribution in [-0.4, -0.2) is 29.1 Å². The molecule has 0 aromatic carbocycles. The van der Waals surface area contributed by atoms with Crippen LogP contribution in [0, 0.1) is 0 Å². The van der Waals surface area contributed by atoms with E-state index in [1.54, 1.807) is 11.4 Å². The molecule has 2 heterocycles. The van der Waals surface area contributed by atoms with Crippen molar-refractivity contribution in [3.8, 4) is 5.88 Å². The molecule has 0 aliphatic heterocycles. The molecule has 1 amide bonds. The summed E-state index contributed by atoms with van der Waals surface area (Å²) in [5.41, 5.74) is -0.339. The van der Waals surface area contributed by atoms with Gasteiger partial charge in [-0.05, 0) is 11.4 Å². The first kappa shape index (κ1) is 13.8. The number of ether oxygens (including phenoxy) is 1. The van der Waals surface area contributed by atoms with Crippen molar-refractivity contribution in [2.75, 3.05) is 12.4 Å². The van der Waals surface area contributed by atoms with Crippen LogP contribution in [-0.2, 0) is 4.74 Å². The number of rotatable bonds is 3. The number of aromatic nitrogens is 1. The van der Waals surface area contributed by atoms with Gasteiger partial charge in [-0.2, -0.15) is 0 Å². The Bertz CT molecular complexity index is 719. The van der Waals surface area contributed by atoms with Crippen molar-refractivity contribution in [2.45, 2.75) is 0 Å². The minimum absolute atomic E-state index is 0.0201. The van der Waals surface area contributed by atoms with Crippen LogP contribution in [0.25, 0.3) is 0 Å². The summed E-state index contributed by atoms with van der Waals surface area (Å²) >= 11 is 1.12. The van der Waals surface area contributed by atoms with Crippen molar-refractivity contribution in [3.05, 3.63) is 44.4 Å². The molecular formula is C12H10N2O5S. The number of hydrogen-bond acceptors (Lipinski definition) is 6. The number of pyridine rings is 1. The van der Waals surface area contributed by atoms with Gasteiger partial charge in [-0.1, -0.05) is 0 Å². The van der Waals surface area contributed by atoms with E-state index in [0.717, 1.165) is 23.5 Å². The molecule has 2 aromatic heterocycles. The number of esters is 1. The molecule has 104 valence electrons. The molecule has 0 radical (unpaired) electrons. The average Bonchev–Trinajstić information content (AvgIpc) is 2.84. The number of carbonyl (C=O) groups is 2. The first-order chi connectivity index (χ1) is 9.51. The lowest BCUT2D eigenvalue weighted by Crippen LogP contribution is -2.17. The van der Waals surface area contributed by atoms with Gasteiger partial charge in [0.1, 0.15) is 4.88 Å². The monoisotopic (exact) mass is 294 g/mol. The number of aromatic hydroxyl groups is 1. The van der Waals surface area contributed by atoms with E-state index in [1.165, 1.54) is 7.11 Å². The van der Waals surface area contributed by atoms with Gasteiger partial charge in [-0.25, -0.2) is 4.79 Å². The van der Waals surface area contributed by atoms with Crippen molar-refractivity contribution in [2.24, 2.45) is 0 Å². The van der Waals surface area contributed by atoms with Crippen molar-refractivity contribution >= 4 is 28.9 Å². The van der Waals surface area contributed by atoms with Crippen LogP contribution in [0.2, 0.25) is 0 Å². The maximum atomic E-state index is 12.0. The number of hydrogen-bond donors (Lipinski definition) is 3. The molecule has 0 unspecified atom stereocenters. The summed E-state index contributed by atoms with van der Waals surface area (Å²) in [7, 11) is 1.24. The Labute approximate surface area is 116 Å². The fourth-order valence-electron chi connectivity index (χ4n) is 1.51. The topological polar surface area (TPSA) is 108 Å². The maximum absolute atomic E-state index is 12.0. The van der Waals surface area contributed by atoms with Crippen LogP contribution < -0.4 is 10.9 Å². The molecule has 2 rings (SSSR count). The zero-order valence-electron chi connectivity index (χ0n) is 10.3. The van der Waals surface area contributed by atoms with Gasteiger partial charge in [-0.15, -0.1) is 11.3 Å². The van der Waals surface area contributed by atoms with Crippen LogP contribution in [0.3, 0.4) is 0 Å². The maximum Gasteiger partial charge on any atom is 0.350 e. The van der Waals surface area contributed by atoms with Crippen molar-refractivity contribution in [1.82, 2.24) is 4.98 Å². The molecule has 0 atom stereocenters. The minimum atomic E-state index is -0.616. The van der Waals surface area contributed by atoms with E-state index in [-0.39, 0.29) is 16.1 Å². The van der Waals surface area contributed by atoms with Crippen LogP contribution in [0.5, 0.6) is 5.88 Å². The number of thiophene rings is 1. The van der Waals surface area contributed by atoms with Gasteiger partial charge in [0.2, 0.25) is 0 Å². The first-order valence-corrected chi connectivity index (χ1v) is 6.29. The van der Waals surface area contributed by atoms with E-state index < -0.39 is 23.3 Å². The minimum Gasteiger partial charge on any atom is -0.494 e. The number of carbonyl (C=O) groups excluding carboxylic acids is 2. The number of methoxy groups -OCH3 is 1. The molecule has 8 heteroatoms. The Kier molecular flexibility index (Phi) is 3.85. The van der Waals surface area contributed by atoms with Gasteiger partial charge >= 0.3 is 5.97 Å². The Morgan fingerprint density at radius 2 is 2.15 bits per heavy atom. The Morgan fingerprint density at radius 1 is 1.40 bits per heavy atom. The summed E-state index contributed by atoms with van der Waals surface area (Å²) in [4.78, 5) is 36.9. The van der Waals surface area contributed by atoms with Gasteiger partial charge in [0.15, 0.2) is 5.88 Å². The highest BCUT2D eigenvalue weighted by Gasteiger charge is 2.16. The Hall–Kier alpha value is -2.61. The average molecular weight is 294 g/mol. The predicted octanol–water partition coefficient (Wildman–Crippen LogP) is 1.18. The van der Waals surface area contributed by atoms with Crippen molar-refractivity contribution < 1.29 is 19.4 Å². The van der Waals surface area contributed by atoms with E-state index in [4.69, 9.17) is 0 Å². The highest BCUT2D eigenvalue weighted by Crippen LogP contribution is 2.23. The third kappa shape index (κ3) is 2.86. The second kappa shape index (κ2) is 5.57. The zero-order valence-corrected chi connectivity index (χ0v) is 11.1. The van der Waals surface area contributed by atoms with Gasteiger partial charge in [0, 0.05) is 12.1 Å². The molecule has 3 N–H and O–H groups in total. The van der Waals surface area contributed by atoms with Crippen LogP contribution in [0.1, 0.15) is 20.0 Å². The summed E-state index contributed by atoms with van der Waals surface area (Å²) in [6.45, 7) is 0. The molecule has 0 aliphatic rings. The molecule has 0 aliphatic carbocycles. The molecule has 2 aromatic rings. The quantitative estimate of drug-likeness (QED) is 0.737. The predicted molar refractivity (Wildman–Crippen MR) is 72.3 cm³/mol. The third-order valence-corrected chi connectivity index (χ3v) is 3.27. The largest absolute Gasteiger partial charge is 0.494 e. The number of nitrogens with one attached hydrogen (secondary N) is 2. The standard InChI is InChI=1S/C12H10N2O5S/c1-19-12(18)10-7(2-3-20-10)13-11(17)6-4-8(15)14-9(16)5-6/h2-5H,1H3,(H,13,17)(H2,14,15,16). The highest BCUT2D eigenvalue weighted by molar-refractivity contribution is 7.12. The fourth-order valence-corrected chi connectivity index (χ4v) is 2.28. The molecule has 7 nitrogen and oxygen atoms in total. The fraction of sp³-hybridized carbons (Fsp3) is 0.0833. The lowest BCUT2D eigenvalue weighted by molar-refractivity contribution is 0.0607. The molecular weight excluding hydrogens is 284 g/mol. The molecule has 0 saturated heterocycles. The van der Waals surface area contributed by atoms with Crippen LogP contribution in [0.4, 0.5) is 5.69 Å². The van der Waals surface area contributed by atoms with E-state index >= 15 is 0 Å². The van der Waals surface area contributed by atoms with Gasteiger partial charge in [-0.3, -0.25) is 14.6 Å². The van der Waals surface area contributed by atoms with Gasteiger partial charge in [0.05, 0.1) is 18.4 Å². The summed E-state index contributed by atoms with van der Waals surface area (Å²) in [6.07, 6.45) is 0. The van der Waals surface area contributed by atoms with Crippen LogP contribution >= 0.6 is 11.3 Å². The van der Waals surface area contributed by atoms with Crippen LogP contribution in [0.15, 0.2) is 28.4 Å². The van der Waals surface area contributed by atoms with E-state index in [1.807, 2.05) is 0 Å². The molecule has 0 fully saturated rings. The number of amides is 1. The zero-order chi connectivity index (χ0) is 14.7. The smallest absolute Gasteiger partial charge is 0.350 e. The van der Waals surface area contributed by atoms with E-state index in [2.05, 4.69) is 15.0 Å². The second-order valence-electron chi connectivity index (χ2n) is 3.73. The van der Waals surface area contributed by atoms with E-state index in [9.17, 15) is 19.5 Å². The lowest BCUT2D eigenvalue weighted by atomic mass is 10.2. The summed E-state index contributed by atoms with van der Waals surface area (Å²) in [6, 6.07) is 3.70. The normalized spacial score (nSPS) is 10.1. The summed E-state index contributed by atoms with van der Waals surface area (Å²) in [5.74, 6) is -1.60. The second-order valence-corrected chi connectivity index (χ2v) is 4.64. The van der Waals surface area contributed by atoms with Gasteiger partial charge in [0.25, 0.3) is 11.5 Å². The first-order valence-electron chi connectivity index (χ1n) is 5.41. The third-order valence-electron chi connectivity index (χ3n) is 2.38. The number of H-pyrrole nitrogens is 1. The number of anilines is 1. The van der Waals surface area contributed by atoms with Crippen molar-refractivity contribution in [1.29, 1.82) is 0 Å². The highest BCUT2D eigenvalue weighted by atomic mass is 32.1. The molecule has 0 bridgehead atoms. The number of aromatic amines is 1. The van der Waals surface area contributed by atoms with Gasteiger partial charge < -0.3 is 15.2 Å². The molecule has 0 saturated carbocycles. The summed E-state index contributed by atoms with van der Waals surface area (Å²) in [5, 5.41) is 13.3.